The molecule has 0 fully saturated rings. The van der Waals surface area contributed by atoms with E-state index in [9.17, 15) is 0 Å². The molecule has 19 heavy (non-hydrogen) atoms. The van der Waals surface area contributed by atoms with Crippen LogP contribution in [0.5, 0.6) is 0 Å². The van der Waals surface area contributed by atoms with Crippen LogP contribution in [0, 0.1) is 5.92 Å². The van der Waals surface area contributed by atoms with E-state index in [-0.39, 0.29) is 6.04 Å². The number of aromatic nitrogens is 2. The van der Waals surface area contributed by atoms with Gasteiger partial charge in [0.1, 0.15) is 0 Å². The van der Waals surface area contributed by atoms with Crippen LogP contribution in [-0.2, 0) is 19.4 Å². The van der Waals surface area contributed by atoms with E-state index in [1.807, 2.05) is 0 Å². The zero-order valence-corrected chi connectivity index (χ0v) is 13.2. The van der Waals surface area contributed by atoms with Crippen molar-refractivity contribution < 1.29 is 0 Å². The summed E-state index contributed by atoms with van der Waals surface area (Å²) in [5, 5.41) is 4.61. The van der Waals surface area contributed by atoms with Gasteiger partial charge < -0.3 is 5.73 Å². The van der Waals surface area contributed by atoms with E-state index in [4.69, 9.17) is 5.73 Å². The maximum Gasteiger partial charge on any atom is 0.0624 e. The maximum atomic E-state index is 6.46. The summed E-state index contributed by atoms with van der Waals surface area (Å²) < 4.78 is 2.12. The third kappa shape index (κ3) is 4.64. The normalized spacial score (nSPS) is 13.2. The summed E-state index contributed by atoms with van der Waals surface area (Å²) in [6, 6.07) is 2.50. The fourth-order valence-corrected chi connectivity index (χ4v) is 2.85. The molecule has 0 spiro atoms. The summed E-state index contributed by atoms with van der Waals surface area (Å²) in [6.07, 6.45) is 6.91. The second-order valence-electron chi connectivity index (χ2n) is 5.50. The molecule has 0 saturated carbocycles. The predicted octanol–water partition coefficient (Wildman–Crippen LogP) is 3.55. The molecule has 0 amide bonds. The second kappa shape index (κ2) is 8.36. The quantitative estimate of drug-likeness (QED) is 0.742. The highest BCUT2D eigenvalue weighted by Gasteiger charge is 2.18. The topological polar surface area (TPSA) is 43.8 Å². The lowest BCUT2D eigenvalue weighted by Crippen LogP contribution is -2.33. The minimum Gasteiger partial charge on any atom is -0.327 e. The standard InChI is InChI=1S/C16H31N3/c1-5-9-13(10-6-2)16(17)12-15-11-14(7-3)18-19(15)8-4/h11,13,16H,5-10,12,17H2,1-4H3. The van der Waals surface area contributed by atoms with Crippen LogP contribution in [0.25, 0.3) is 0 Å². The van der Waals surface area contributed by atoms with Gasteiger partial charge in [0.05, 0.1) is 5.69 Å². The first-order valence-corrected chi connectivity index (χ1v) is 7.97. The van der Waals surface area contributed by atoms with Crippen LogP contribution in [0.3, 0.4) is 0 Å². The Morgan fingerprint density at radius 3 is 2.26 bits per heavy atom. The van der Waals surface area contributed by atoms with E-state index in [1.54, 1.807) is 0 Å². The molecule has 0 aliphatic carbocycles. The fourth-order valence-electron chi connectivity index (χ4n) is 2.85. The van der Waals surface area contributed by atoms with Gasteiger partial charge in [-0.05, 0) is 38.2 Å². The van der Waals surface area contributed by atoms with Crippen LogP contribution in [0.15, 0.2) is 6.07 Å². The second-order valence-corrected chi connectivity index (χ2v) is 5.50. The smallest absolute Gasteiger partial charge is 0.0624 e. The molecule has 0 aliphatic heterocycles. The zero-order valence-electron chi connectivity index (χ0n) is 13.2. The van der Waals surface area contributed by atoms with Crippen molar-refractivity contribution in [1.82, 2.24) is 9.78 Å². The minimum atomic E-state index is 0.270. The molecular formula is C16H31N3. The summed E-state index contributed by atoms with van der Waals surface area (Å²) in [7, 11) is 0. The molecule has 0 aliphatic rings. The van der Waals surface area contributed by atoms with Crippen molar-refractivity contribution >= 4 is 0 Å². The lowest BCUT2D eigenvalue weighted by molar-refractivity contribution is 0.354. The van der Waals surface area contributed by atoms with Gasteiger partial charge in [0.2, 0.25) is 0 Å². The van der Waals surface area contributed by atoms with E-state index in [1.165, 1.54) is 37.1 Å². The molecule has 1 heterocycles. The number of rotatable bonds is 9. The number of nitrogens with zero attached hydrogens (tertiary/aromatic N) is 2. The summed E-state index contributed by atoms with van der Waals surface area (Å²) in [6.45, 7) is 9.75. The average molecular weight is 265 g/mol. The van der Waals surface area contributed by atoms with Gasteiger partial charge in [-0.3, -0.25) is 4.68 Å². The summed E-state index contributed by atoms with van der Waals surface area (Å²) in [5.41, 5.74) is 8.95. The van der Waals surface area contributed by atoms with Crippen LogP contribution >= 0.6 is 0 Å². The summed E-state index contributed by atoms with van der Waals surface area (Å²) >= 11 is 0. The molecule has 1 aromatic rings. The van der Waals surface area contributed by atoms with Gasteiger partial charge in [-0.15, -0.1) is 0 Å². The third-order valence-corrected chi connectivity index (χ3v) is 3.94. The molecule has 1 atom stereocenters. The predicted molar refractivity (Wildman–Crippen MR) is 82.3 cm³/mol. The van der Waals surface area contributed by atoms with Crippen LogP contribution in [0.1, 0.15) is 64.8 Å². The van der Waals surface area contributed by atoms with Gasteiger partial charge in [-0.25, -0.2) is 0 Å². The Balaban J connectivity index is 2.72. The molecule has 2 N–H and O–H groups in total. The molecule has 1 aromatic heterocycles. The molecule has 0 saturated heterocycles. The van der Waals surface area contributed by atoms with E-state index >= 15 is 0 Å². The number of hydrogen-bond donors (Lipinski definition) is 1. The molecule has 1 rings (SSSR count). The molecule has 1 unspecified atom stereocenters. The molecule has 110 valence electrons. The van der Waals surface area contributed by atoms with Gasteiger partial charge in [0.15, 0.2) is 0 Å². The average Bonchev–Trinajstić information content (AvgIpc) is 2.80. The first-order chi connectivity index (χ1) is 9.15. The Bertz CT molecular complexity index is 351. The number of nitrogens with two attached hydrogens (primary N) is 1. The van der Waals surface area contributed by atoms with E-state index in [0.29, 0.717) is 5.92 Å². The number of aryl methyl sites for hydroxylation is 2. The van der Waals surface area contributed by atoms with E-state index < -0.39 is 0 Å². The highest BCUT2D eigenvalue weighted by molar-refractivity contribution is 5.12. The highest BCUT2D eigenvalue weighted by atomic mass is 15.3. The Morgan fingerprint density at radius 2 is 1.79 bits per heavy atom. The molecule has 0 radical (unpaired) electrons. The van der Waals surface area contributed by atoms with E-state index in [2.05, 4.69) is 43.5 Å². The minimum absolute atomic E-state index is 0.270. The zero-order chi connectivity index (χ0) is 14.3. The van der Waals surface area contributed by atoms with Gasteiger partial charge >= 0.3 is 0 Å². The Morgan fingerprint density at radius 1 is 1.16 bits per heavy atom. The molecular weight excluding hydrogens is 234 g/mol. The van der Waals surface area contributed by atoms with Gasteiger partial charge in [-0.2, -0.15) is 5.10 Å². The Hall–Kier alpha value is -0.830. The molecule has 3 heteroatoms. The first kappa shape index (κ1) is 16.2. The van der Waals surface area contributed by atoms with Crippen molar-refractivity contribution in [3.8, 4) is 0 Å². The molecule has 3 nitrogen and oxygen atoms in total. The van der Waals surface area contributed by atoms with Crippen LogP contribution in [0.4, 0.5) is 0 Å². The third-order valence-electron chi connectivity index (χ3n) is 3.94. The van der Waals surface area contributed by atoms with Gasteiger partial charge in [-0.1, -0.05) is 33.6 Å². The van der Waals surface area contributed by atoms with Crippen LogP contribution < -0.4 is 5.73 Å². The van der Waals surface area contributed by atoms with Crippen molar-refractivity contribution in [2.24, 2.45) is 11.7 Å². The Kier molecular flexibility index (Phi) is 7.14. The summed E-state index contributed by atoms with van der Waals surface area (Å²) in [4.78, 5) is 0. The largest absolute Gasteiger partial charge is 0.327 e. The fraction of sp³-hybridized carbons (Fsp3) is 0.812. The van der Waals surface area contributed by atoms with Gasteiger partial charge in [0, 0.05) is 24.7 Å². The first-order valence-electron chi connectivity index (χ1n) is 7.97. The van der Waals surface area contributed by atoms with Gasteiger partial charge in [0.25, 0.3) is 0 Å². The molecule has 0 bridgehead atoms. The van der Waals surface area contributed by atoms with Crippen molar-refractivity contribution in [2.75, 3.05) is 0 Å². The van der Waals surface area contributed by atoms with Crippen molar-refractivity contribution in [1.29, 1.82) is 0 Å². The monoisotopic (exact) mass is 265 g/mol. The number of hydrogen-bond acceptors (Lipinski definition) is 2. The van der Waals surface area contributed by atoms with Crippen molar-refractivity contribution in [3.63, 3.8) is 0 Å². The maximum absolute atomic E-state index is 6.46. The van der Waals surface area contributed by atoms with E-state index in [0.717, 1.165) is 19.4 Å². The van der Waals surface area contributed by atoms with Crippen molar-refractivity contribution in [2.45, 2.75) is 78.8 Å². The Labute approximate surface area is 118 Å². The lowest BCUT2D eigenvalue weighted by Gasteiger charge is -2.23. The summed E-state index contributed by atoms with van der Waals surface area (Å²) in [5.74, 6) is 0.653. The highest BCUT2D eigenvalue weighted by Crippen LogP contribution is 2.20. The van der Waals surface area contributed by atoms with Crippen molar-refractivity contribution in [3.05, 3.63) is 17.5 Å². The van der Waals surface area contributed by atoms with Crippen LogP contribution in [-0.4, -0.2) is 15.8 Å². The lowest BCUT2D eigenvalue weighted by atomic mass is 9.88. The molecule has 0 aromatic carbocycles. The SMILES string of the molecule is CCCC(CCC)C(N)Cc1cc(CC)nn1CC. The van der Waals surface area contributed by atoms with Crippen LogP contribution in [0.2, 0.25) is 0 Å².